The SMILES string of the molecule is CCN1/C(=C/C2=CC(=C/c3sc4ccc5occc5c4[n+]3CC)/CC(C)C2)Sc2ccc(C)cc21. The molecule has 0 bridgehead atoms. The molecule has 0 spiro atoms. The number of rotatable bonds is 4. The minimum absolute atomic E-state index is 0.634. The summed E-state index contributed by atoms with van der Waals surface area (Å²) in [6.07, 6.45) is 11.3. The number of aromatic nitrogens is 1. The van der Waals surface area contributed by atoms with E-state index in [1.807, 2.05) is 23.1 Å². The van der Waals surface area contributed by atoms with Crippen LogP contribution >= 0.6 is 23.1 Å². The average Bonchev–Trinajstić information content (AvgIpc) is 3.52. The van der Waals surface area contributed by atoms with E-state index >= 15 is 0 Å². The standard InChI is InChI=1S/C30H31N2OS2/c1-5-31-24-15-19(3)7-9-26(24)34-28(31)17-21-13-20(4)14-22(16-21)18-29-32(6-2)30-23-11-12-33-25(23)8-10-27(30)35-29/h7-12,15-18,20H,5-6,13-14H2,1-4H3/q+1. The Bertz CT molecular complexity index is 1530. The summed E-state index contributed by atoms with van der Waals surface area (Å²) in [7, 11) is 0. The first-order valence-electron chi connectivity index (χ1n) is 12.6. The molecule has 0 fully saturated rings. The van der Waals surface area contributed by atoms with E-state index in [-0.39, 0.29) is 0 Å². The van der Waals surface area contributed by atoms with Gasteiger partial charge in [0.2, 0.25) is 5.52 Å². The lowest BCUT2D eigenvalue weighted by Gasteiger charge is -2.22. The molecule has 1 atom stereocenters. The highest BCUT2D eigenvalue weighted by molar-refractivity contribution is 8.03. The molecule has 6 rings (SSSR count). The molecular weight excluding hydrogens is 468 g/mol. The van der Waals surface area contributed by atoms with Crippen molar-refractivity contribution in [2.45, 2.75) is 52.0 Å². The second-order valence-corrected chi connectivity index (χ2v) is 11.8. The zero-order chi connectivity index (χ0) is 24.1. The summed E-state index contributed by atoms with van der Waals surface area (Å²) in [5.41, 5.74) is 7.78. The van der Waals surface area contributed by atoms with Gasteiger partial charge in [-0.1, -0.05) is 42.2 Å². The molecule has 0 radical (unpaired) electrons. The Morgan fingerprint density at radius 1 is 1.11 bits per heavy atom. The number of allylic oxidation sites excluding steroid dienone is 4. The Balaban J connectivity index is 1.39. The quantitative estimate of drug-likeness (QED) is 0.263. The maximum Gasteiger partial charge on any atom is 0.263 e. The number of thiazole rings is 1. The van der Waals surface area contributed by atoms with Gasteiger partial charge in [-0.15, -0.1) is 0 Å². The van der Waals surface area contributed by atoms with Crippen LogP contribution in [0.5, 0.6) is 0 Å². The number of hydrogen-bond donors (Lipinski definition) is 0. The summed E-state index contributed by atoms with van der Waals surface area (Å²) in [6, 6.07) is 13.2. The molecule has 178 valence electrons. The first-order chi connectivity index (χ1) is 17.0. The van der Waals surface area contributed by atoms with Gasteiger partial charge in [-0.25, -0.2) is 0 Å². The molecule has 2 aromatic carbocycles. The molecule has 0 N–H and O–H groups in total. The fraction of sp³-hybridized carbons (Fsp3) is 0.300. The Morgan fingerprint density at radius 2 is 2.00 bits per heavy atom. The third kappa shape index (κ3) is 4.05. The van der Waals surface area contributed by atoms with Crippen LogP contribution in [-0.2, 0) is 6.54 Å². The van der Waals surface area contributed by atoms with Crippen LogP contribution < -0.4 is 9.47 Å². The van der Waals surface area contributed by atoms with Crippen LogP contribution in [-0.4, -0.2) is 6.54 Å². The van der Waals surface area contributed by atoms with E-state index in [9.17, 15) is 0 Å². The van der Waals surface area contributed by atoms with E-state index in [0.717, 1.165) is 31.5 Å². The summed E-state index contributed by atoms with van der Waals surface area (Å²) in [5.74, 6) is 0.634. The van der Waals surface area contributed by atoms with Gasteiger partial charge in [0.05, 0.1) is 22.4 Å². The van der Waals surface area contributed by atoms with Gasteiger partial charge in [0, 0.05) is 17.5 Å². The number of benzene rings is 2. The van der Waals surface area contributed by atoms with Gasteiger partial charge in [0.25, 0.3) is 5.01 Å². The van der Waals surface area contributed by atoms with Crippen LogP contribution in [0.25, 0.3) is 27.3 Å². The fourth-order valence-corrected chi connectivity index (χ4v) is 7.87. The zero-order valence-corrected chi connectivity index (χ0v) is 22.4. The van der Waals surface area contributed by atoms with Crippen LogP contribution in [0.1, 0.15) is 44.2 Å². The van der Waals surface area contributed by atoms with Crippen molar-refractivity contribution in [1.82, 2.24) is 0 Å². The molecule has 3 heterocycles. The van der Waals surface area contributed by atoms with Crippen molar-refractivity contribution in [3.8, 4) is 0 Å². The molecule has 0 amide bonds. The maximum absolute atomic E-state index is 5.68. The number of anilines is 1. The van der Waals surface area contributed by atoms with Crippen molar-refractivity contribution in [3.63, 3.8) is 0 Å². The van der Waals surface area contributed by atoms with E-state index < -0.39 is 0 Å². The minimum atomic E-state index is 0.634. The molecule has 5 heteroatoms. The molecule has 4 aromatic rings. The first kappa shape index (κ1) is 22.7. The normalized spacial score (nSPS) is 20.4. The molecule has 0 saturated carbocycles. The first-order valence-corrected chi connectivity index (χ1v) is 14.2. The monoisotopic (exact) mass is 499 g/mol. The van der Waals surface area contributed by atoms with Gasteiger partial charge >= 0.3 is 0 Å². The van der Waals surface area contributed by atoms with Crippen molar-refractivity contribution in [2.75, 3.05) is 11.4 Å². The summed E-state index contributed by atoms with van der Waals surface area (Å²) < 4.78 is 9.44. The van der Waals surface area contributed by atoms with E-state index in [2.05, 4.69) is 91.8 Å². The van der Waals surface area contributed by atoms with Crippen molar-refractivity contribution < 1.29 is 8.98 Å². The Kier molecular flexibility index (Phi) is 5.85. The molecule has 1 unspecified atom stereocenters. The number of hydrogen-bond acceptors (Lipinski definition) is 4. The number of thioether (sulfide) groups is 1. The summed E-state index contributed by atoms with van der Waals surface area (Å²) in [6.45, 7) is 11.0. The van der Waals surface area contributed by atoms with Crippen molar-refractivity contribution >= 4 is 56.0 Å². The number of nitrogens with zero attached hydrogens (tertiary/aromatic N) is 2. The minimum Gasteiger partial charge on any atom is -0.464 e. The van der Waals surface area contributed by atoms with Gasteiger partial charge in [0.15, 0.2) is 0 Å². The molecular formula is C30H31N2OS2+. The summed E-state index contributed by atoms with van der Waals surface area (Å²) in [5, 5.41) is 3.87. The third-order valence-electron chi connectivity index (χ3n) is 7.00. The zero-order valence-electron chi connectivity index (χ0n) is 20.8. The Labute approximate surface area is 215 Å². The number of furan rings is 1. The van der Waals surface area contributed by atoms with Gasteiger partial charge < -0.3 is 9.32 Å². The van der Waals surface area contributed by atoms with Crippen molar-refractivity contribution in [1.29, 1.82) is 0 Å². The smallest absolute Gasteiger partial charge is 0.263 e. The van der Waals surface area contributed by atoms with Crippen LogP contribution in [0.2, 0.25) is 0 Å². The van der Waals surface area contributed by atoms with Crippen LogP contribution in [0.3, 0.4) is 0 Å². The average molecular weight is 500 g/mol. The molecule has 0 saturated heterocycles. The second-order valence-electron chi connectivity index (χ2n) is 9.68. The highest BCUT2D eigenvalue weighted by atomic mass is 32.2. The van der Waals surface area contributed by atoms with Gasteiger partial charge in [0.1, 0.15) is 16.8 Å². The Hall–Kier alpha value is -2.76. The highest BCUT2D eigenvalue weighted by Gasteiger charge is 2.26. The van der Waals surface area contributed by atoms with Crippen molar-refractivity contribution in [2.24, 2.45) is 5.92 Å². The lowest BCUT2D eigenvalue weighted by Crippen LogP contribution is -2.33. The topological polar surface area (TPSA) is 20.3 Å². The van der Waals surface area contributed by atoms with Gasteiger partial charge in [-0.2, -0.15) is 4.57 Å². The van der Waals surface area contributed by atoms with E-state index in [0.29, 0.717) is 5.92 Å². The maximum atomic E-state index is 5.68. The van der Waals surface area contributed by atoms with E-state index in [1.54, 1.807) is 6.26 Å². The summed E-state index contributed by atoms with van der Waals surface area (Å²) >= 11 is 3.78. The lowest BCUT2D eigenvalue weighted by atomic mass is 9.87. The molecule has 2 aromatic heterocycles. The molecule has 3 nitrogen and oxygen atoms in total. The fourth-order valence-electron chi connectivity index (χ4n) is 5.46. The van der Waals surface area contributed by atoms with Gasteiger partial charge in [-0.3, -0.25) is 0 Å². The van der Waals surface area contributed by atoms with Crippen LogP contribution in [0.15, 0.2) is 80.3 Å². The van der Waals surface area contributed by atoms with Crippen molar-refractivity contribution in [3.05, 3.63) is 81.6 Å². The highest BCUT2D eigenvalue weighted by Crippen LogP contribution is 2.47. The van der Waals surface area contributed by atoms with E-state index in [1.165, 1.54) is 52.9 Å². The lowest BCUT2D eigenvalue weighted by molar-refractivity contribution is -0.664. The largest absolute Gasteiger partial charge is 0.464 e. The molecule has 1 aliphatic heterocycles. The van der Waals surface area contributed by atoms with Gasteiger partial charge in [-0.05, 0) is 92.6 Å². The van der Waals surface area contributed by atoms with Crippen LogP contribution in [0.4, 0.5) is 5.69 Å². The summed E-state index contributed by atoms with van der Waals surface area (Å²) in [4.78, 5) is 3.83. The predicted molar refractivity (Wildman–Crippen MR) is 150 cm³/mol. The predicted octanol–water partition coefficient (Wildman–Crippen LogP) is 8.48. The molecule has 35 heavy (non-hydrogen) atoms. The second kappa shape index (κ2) is 9.03. The Morgan fingerprint density at radius 3 is 2.83 bits per heavy atom. The third-order valence-corrected chi connectivity index (χ3v) is 9.20. The van der Waals surface area contributed by atoms with E-state index in [4.69, 9.17) is 4.42 Å². The number of fused-ring (bicyclic) bond motifs is 4. The molecule has 1 aliphatic carbocycles. The van der Waals surface area contributed by atoms with Crippen LogP contribution in [0, 0.1) is 12.8 Å². The molecule has 2 aliphatic rings. The number of aryl methyl sites for hydroxylation is 2.